The minimum Gasteiger partial charge on any atom is -0.493 e. The van der Waals surface area contributed by atoms with E-state index in [0.29, 0.717) is 6.61 Å². The van der Waals surface area contributed by atoms with E-state index in [1.165, 1.54) is 22.3 Å². The molecule has 0 radical (unpaired) electrons. The third kappa shape index (κ3) is 3.98. The zero-order valence-electron chi connectivity index (χ0n) is 14.5. The maximum absolute atomic E-state index is 5.67. The topological polar surface area (TPSA) is 30.5 Å². The van der Waals surface area contributed by atoms with Gasteiger partial charge in [0.25, 0.3) is 0 Å². The standard InChI is InChI=1S/C21H25NO2/c1-3-17(18-6-9-21-19(15-18)10-12-24-21)14-16-4-7-20(8-5-16)23-13-11-22-2/h4-9,14-15,22H,3,10-13H2,1-2H3. The van der Waals surface area contributed by atoms with Crippen LogP contribution in [0.5, 0.6) is 11.5 Å². The first kappa shape index (κ1) is 16.6. The molecule has 2 aromatic rings. The quantitative estimate of drug-likeness (QED) is 0.613. The monoisotopic (exact) mass is 323 g/mol. The summed E-state index contributed by atoms with van der Waals surface area (Å²) in [4.78, 5) is 0. The normalized spacial score (nSPS) is 13.5. The lowest BCUT2D eigenvalue weighted by molar-refractivity contribution is 0.318. The summed E-state index contributed by atoms with van der Waals surface area (Å²) in [5, 5.41) is 3.08. The second-order valence-corrected chi connectivity index (χ2v) is 5.97. The molecular weight excluding hydrogens is 298 g/mol. The molecule has 1 aliphatic heterocycles. The largest absolute Gasteiger partial charge is 0.493 e. The van der Waals surface area contributed by atoms with Crippen molar-refractivity contribution in [1.82, 2.24) is 5.32 Å². The molecule has 3 nitrogen and oxygen atoms in total. The van der Waals surface area contributed by atoms with Gasteiger partial charge in [0, 0.05) is 13.0 Å². The number of ether oxygens (including phenoxy) is 2. The van der Waals surface area contributed by atoms with E-state index in [9.17, 15) is 0 Å². The first-order valence-electron chi connectivity index (χ1n) is 8.64. The molecule has 3 rings (SSSR count). The minimum absolute atomic E-state index is 0.684. The van der Waals surface area contributed by atoms with Gasteiger partial charge in [-0.15, -0.1) is 0 Å². The summed E-state index contributed by atoms with van der Waals surface area (Å²) in [6, 6.07) is 14.8. The van der Waals surface area contributed by atoms with Crippen LogP contribution in [0.15, 0.2) is 42.5 Å². The average Bonchev–Trinajstić information content (AvgIpc) is 3.09. The Labute approximate surface area is 144 Å². The molecular formula is C21H25NO2. The summed E-state index contributed by atoms with van der Waals surface area (Å²) < 4.78 is 11.3. The first-order valence-corrected chi connectivity index (χ1v) is 8.64. The smallest absolute Gasteiger partial charge is 0.122 e. The van der Waals surface area contributed by atoms with Crippen molar-refractivity contribution in [1.29, 1.82) is 0 Å². The Bertz CT molecular complexity index is 704. The SMILES string of the molecule is CCC(=Cc1ccc(OCCNC)cc1)c1ccc2c(c1)CCO2. The van der Waals surface area contributed by atoms with Crippen LogP contribution < -0.4 is 14.8 Å². The van der Waals surface area contributed by atoms with Crippen LogP contribution in [-0.4, -0.2) is 26.8 Å². The van der Waals surface area contributed by atoms with Crippen molar-refractivity contribution in [2.45, 2.75) is 19.8 Å². The van der Waals surface area contributed by atoms with Crippen LogP contribution in [0.1, 0.15) is 30.0 Å². The molecule has 0 aliphatic carbocycles. The molecule has 126 valence electrons. The van der Waals surface area contributed by atoms with E-state index >= 15 is 0 Å². The predicted molar refractivity (Wildman–Crippen MR) is 99.7 cm³/mol. The third-order valence-corrected chi connectivity index (χ3v) is 4.28. The van der Waals surface area contributed by atoms with Gasteiger partial charge >= 0.3 is 0 Å². The van der Waals surface area contributed by atoms with Crippen molar-refractivity contribution in [2.75, 3.05) is 26.8 Å². The van der Waals surface area contributed by atoms with Gasteiger partial charge in [-0.3, -0.25) is 0 Å². The van der Waals surface area contributed by atoms with Crippen molar-refractivity contribution >= 4 is 11.6 Å². The van der Waals surface area contributed by atoms with E-state index in [-0.39, 0.29) is 0 Å². The number of rotatable bonds is 7. The second kappa shape index (κ2) is 8.02. The number of nitrogens with one attached hydrogen (secondary N) is 1. The number of likely N-dealkylation sites (N-methyl/N-ethyl adjacent to an activating group) is 1. The molecule has 0 spiro atoms. The summed E-state index contributed by atoms with van der Waals surface area (Å²) in [7, 11) is 1.93. The molecule has 0 saturated heterocycles. The lowest BCUT2D eigenvalue weighted by Crippen LogP contribution is -2.15. The summed E-state index contributed by atoms with van der Waals surface area (Å²) in [5.74, 6) is 1.95. The highest BCUT2D eigenvalue weighted by molar-refractivity contribution is 5.82. The molecule has 0 amide bonds. The van der Waals surface area contributed by atoms with E-state index < -0.39 is 0 Å². The second-order valence-electron chi connectivity index (χ2n) is 5.97. The predicted octanol–water partition coefficient (Wildman–Crippen LogP) is 4.17. The molecule has 0 aromatic heterocycles. The highest BCUT2D eigenvalue weighted by Crippen LogP contribution is 2.30. The van der Waals surface area contributed by atoms with Crippen LogP contribution in [0.25, 0.3) is 11.6 Å². The van der Waals surface area contributed by atoms with Crippen molar-refractivity contribution in [3.63, 3.8) is 0 Å². The van der Waals surface area contributed by atoms with E-state index in [1.807, 2.05) is 19.2 Å². The van der Waals surface area contributed by atoms with Crippen LogP contribution in [-0.2, 0) is 6.42 Å². The van der Waals surface area contributed by atoms with Crippen molar-refractivity contribution in [3.8, 4) is 11.5 Å². The molecule has 1 N–H and O–H groups in total. The van der Waals surface area contributed by atoms with Crippen molar-refractivity contribution in [2.24, 2.45) is 0 Å². The molecule has 1 heterocycles. The van der Waals surface area contributed by atoms with E-state index in [4.69, 9.17) is 9.47 Å². The summed E-state index contributed by atoms with van der Waals surface area (Å²) in [6.45, 7) is 4.54. The number of hydrogen-bond donors (Lipinski definition) is 1. The van der Waals surface area contributed by atoms with Crippen LogP contribution in [0.2, 0.25) is 0 Å². The Morgan fingerprint density at radius 1 is 1.21 bits per heavy atom. The van der Waals surface area contributed by atoms with E-state index in [0.717, 1.165) is 37.5 Å². The number of benzene rings is 2. The lowest BCUT2D eigenvalue weighted by Gasteiger charge is -2.09. The van der Waals surface area contributed by atoms with Crippen LogP contribution in [0, 0.1) is 0 Å². The fourth-order valence-corrected chi connectivity index (χ4v) is 2.91. The molecule has 3 heteroatoms. The lowest BCUT2D eigenvalue weighted by atomic mass is 9.98. The molecule has 1 aliphatic rings. The summed E-state index contributed by atoms with van der Waals surface area (Å²) >= 11 is 0. The van der Waals surface area contributed by atoms with Crippen molar-refractivity contribution < 1.29 is 9.47 Å². The van der Waals surface area contributed by atoms with Crippen LogP contribution >= 0.6 is 0 Å². The minimum atomic E-state index is 0.684. The van der Waals surface area contributed by atoms with Gasteiger partial charge in [0.2, 0.25) is 0 Å². The van der Waals surface area contributed by atoms with Gasteiger partial charge in [-0.2, -0.15) is 0 Å². The van der Waals surface area contributed by atoms with Gasteiger partial charge in [0.05, 0.1) is 6.61 Å². The van der Waals surface area contributed by atoms with Gasteiger partial charge < -0.3 is 14.8 Å². The Morgan fingerprint density at radius 2 is 2.04 bits per heavy atom. The number of fused-ring (bicyclic) bond motifs is 1. The summed E-state index contributed by atoms with van der Waals surface area (Å²) in [5.41, 5.74) is 5.15. The Morgan fingerprint density at radius 3 is 2.79 bits per heavy atom. The van der Waals surface area contributed by atoms with Gasteiger partial charge in [0.15, 0.2) is 0 Å². The molecule has 0 unspecified atom stereocenters. The molecule has 24 heavy (non-hydrogen) atoms. The zero-order valence-corrected chi connectivity index (χ0v) is 14.5. The van der Waals surface area contributed by atoms with Gasteiger partial charge in [-0.1, -0.05) is 31.2 Å². The molecule has 0 fully saturated rings. The average molecular weight is 323 g/mol. The van der Waals surface area contributed by atoms with Crippen molar-refractivity contribution in [3.05, 3.63) is 59.2 Å². The maximum atomic E-state index is 5.67. The number of allylic oxidation sites excluding steroid dienone is 1. The fraction of sp³-hybridized carbons (Fsp3) is 0.333. The highest BCUT2D eigenvalue weighted by atomic mass is 16.5. The van der Waals surface area contributed by atoms with Crippen LogP contribution in [0.4, 0.5) is 0 Å². The van der Waals surface area contributed by atoms with E-state index in [2.05, 4.69) is 48.6 Å². The zero-order chi connectivity index (χ0) is 16.8. The van der Waals surface area contributed by atoms with E-state index in [1.54, 1.807) is 0 Å². The molecule has 0 atom stereocenters. The Kier molecular flexibility index (Phi) is 5.55. The highest BCUT2D eigenvalue weighted by Gasteiger charge is 2.13. The molecule has 0 saturated carbocycles. The van der Waals surface area contributed by atoms with Gasteiger partial charge in [-0.05, 0) is 60.0 Å². The van der Waals surface area contributed by atoms with Crippen LogP contribution in [0.3, 0.4) is 0 Å². The Hall–Kier alpha value is -2.26. The third-order valence-electron chi connectivity index (χ3n) is 4.28. The summed E-state index contributed by atoms with van der Waals surface area (Å²) in [6.07, 6.45) is 4.27. The first-order chi connectivity index (χ1) is 11.8. The molecule has 2 aromatic carbocycles. The van der Waals surface area contributed by atoms with Gasteiger partial charge in [-0.25, -0.2) is 0 Å². The maximum Gasteiger partial charge on any atom is 0.122 e. The fourth-order valence-electron chi connectivity index (χ4n) is 2.91. The Balaban J connectivity index is 1.75. The molecule has 0 bridgehead atoms. The van der Waals surface area contributed by atoms with Gasteiger partial charge in [0.1, 0.15) is 18.1 Å². The number of hydrogen-bond acceptors (Lipinski definition) is 3.